The van der Waals surface area contributed by atoms with Gasteiger partial charge in [-0.15, -0.1) is 0 Å². The molecule has 1 saturated heterocycles. The molecule has 4 aromatic rings. The van der Waals surface area contributed by atoms with E-state index in [1.54, 1.807) is 24.3 Å². The van der Waals surface area contributed by atoms with Crippen LogP contribution in [-0.2, 0) is 10.0 Å². The molecular formula is C23H18ClFN2O3S. The highest BCUT2D eigenvalue weighted by atomic mass is 35.5. The first-order valence-corrected chi connectivity index (χ1v) is 11.7. The zero-order chi connectivity index (χ0) is 21.6. The molecule has 1 fully saturated rings. The molecule has 0 spiro atoms. The Bertz CT molecular complexity index is 1370. The summed E-state index contributed by atoms with van der Waals surface area (Å²) in [6.07, 6.45) is 1.33. The molecule has 0 unspecified atom stereocenters. The minimum Gasteiger partial charge on any atom is -0.439 e. The van der Waals surface area contributed by atoms with E-state index in [1.807, 2.05) is 18.2 Å². The standard InChI is InChI=1S/C23H18ClFN2O3S/c24-17-7-9-19(10-8-17)31(28,29)27-12-2-5-21(27)23-26-20-14-16(6-11-22(20)30-23)15-3-1-4-18(25)13-15/h1,3-4,6-11,13-14,21H,2,5,12H2/t21-/m1/s1. The second-order valence-electron chi connectivity index (χ2n) is 7.47. The summed E-state index contributed by atoms with van der Waals surface area (Å²) in [7, 11) is -3.71. The number of sulfonamides is 1. The van der Waals surface area contributed by atoms with Crippen LogP contribution in [0.25, 0.3) is 22.2 Å². The van der Waals surface area contributed by atoms with Crippen molar-refractivity contribution in [1.82, 2.24) is 9.29 Å². The maximum Gasteiger partial charge on any atom is 0.243 e. The summed E-state index contributed by atoms with van der Waals surface area (Å²) in [5.74, 6) is 0.0499. The highest BCUT2D eigenvalue weighted by Gasteiger charge is 2.39. The van der Waals surface area contributed by atoms with Crippen LogP contribution >= 0.6 is 11.6 Å². The van der Waals surface area contributed by atoms with Crippen molar-refractivity contribution in [2.24, 2.45) is 0 Å². The summed E-state index contributed by atoms with van der Waals surface area (Å²) >= 11 is 5.90. The summed E-state index contributed by atoms with van der Waals surface area (Å²) in [5.41, 5.74) is 2.71. The lowest BCUT2D eigenvalue weighted by Gasteiger charge is -2.21. The highest BCUT2D eigenvalue weighted by molar-refractivity contribution is 7.89. The third kappa shape index (κ3) is 3.73. The first kappa shape index (κ1) is 20.2. The lowest BCUT2D eigenvalue weighted by atomic mass is 10.1. The van der Waals surface area contributed by atoms with Crippen LogP contribution in [0.3, 0.4) is 0 Å². The van der Waals surface area contributed by atoms with E-state index >= 15 is 0 Å². The smallest absolute Gasteiger partial charge is 0.243 e. The number of hydrogen-bond donors (Lipinski definition) is 0. The maximum absolute atomic E-state index is 13.6. The Kier molecular flexibility index (Phi) is 5.04. The molecule has 0 saturated carbocycles. The van der Waals surface area contributed by atoms with Crippen molar-refractivity contribution in [3.8, 4) is 11.1 Å². The third-order valence-electron chi connectivity index (χ3n) is 5.47. The Labute approximate surface area is 184 Å². The number of aromatic nitrogens is 1. The van der Waals surface area contributed by atoms with Gasteiger partial charge in [0.1, 0.15) is 17.4 Å². The topological polar surface area (TPSA) is 63.4 Å². The van der Waals surface area contributed by atoms with Gasteiger partial charge in [0.2, 0.25) is 15.9 Å². The number of hydrogen-bond acceptors (Lipinski definition) is 4. The van der Waals surface area contributed by atoms with Crippen molar-refractivity contribution in [2.45, 2.75) is 23.8 Å². The molecule has 8 heteroatoms. The van der Waals surface area contributed by atoms with Crippen molar-refractivity contribution in [3.05, 3.63) is 83.5 Å². The zero-order valence-electron chi connectivity index (χ0n) is 16.3. The van der Waals surface area contributed by atoms with Gasteiger partial charge >= 0.3 is 0 Å². The molecule has 0 amide bonds. The monoisotopic (exact) mass is 456 g/mol. The Morgan fingerprint density at radius 3 is 2.58 bits per heavy atom. The normalized spacial score (nSPS) is 17.4. The molecule has 2 heterocycles. The van der Waals surface area contributed by atoms with E-state index in [1.165, 1.54) is 28.6 Å². The Morgan fingerprint density at radius 2 is 1.81 bits per heavy atom. The summed E-state index contributed by atoms with van der Waals surface area (Å²) < 4.78 is 47.3. The number of rotatable bonds is 4. The lowest BCUT2D eigenvalue weighted by molar-refractivity contribution is 0.337. The predicted octanol–water partition coefficient (Wildman–Crippen LogP) is 5.81. The first-order chi connectivity index (χ1) is 14.9. The molecule has 1 atom stereocenters. The average Bonchev–Trinajstić information content (AvgIpc) is 3.41. The fourth-order valence-electron chi connectivity index (χ4n) is 3.95. The van der Waals surface area contributed by atoms with Gasteiger partial charge in [-0.25, -0.2) is 17.8 Å². The molecule has 0 N–H and O–H groups in total. The fourth-order valence-corrected chi connectivity index (χ4v) is 5.73. The number of fused-ring (bicyclic) bond motifs is 1. The Hall–Kier alpha value is -2.74. The highest BCUT2D eigenvalue weighted by Crippen LogP contribution is 2.38. The van der Waals surface area contributed by atoms with Gasteiger partial charge in [-0.1, -0.05) is 29.8 Å². The van der Waals surface area contributed by atoms with Gasteiger partial charge in [0.05, 0.1) is 4.90 Å². The van der Waals surface area contributed by atoms with E-state index in [9.17, 15) is 12.8 Å². The van der Waals surface area contributed by atoms with Crippen LogP contribution in [0.2, 0.25) is 5.02 Å². The van der Waals surface area contributed by atoms with Crippen LogP contribution in [0.15, 0.2) is 76.0 Å². The van der Waals surface area contributed by atoms with Crippen LogP contribution in [-0.4, -0.2) is 24.3 Å². The van der Waals surface area contributed by atoms with Crippen molar-refractivity contribution in [2.75, 3.05) is 6.54 Å². The Morgan fingerprint density at radius 1 is 1.03 bits per heavy atom. The van der Waals surface area contributed by atoms with Crippen molar-refractivity contribution in [3.63, 3.8) is 0 Å². The van der Waals surface area contributed by atoms with Crippen LogP contribution in [0.5, 0.6) is 0 Å². The molecule has 5 nitrogen and oxygen atoms in total. The largest absolute Gasteiger partial charge is 0.439 e. The van der Waals surface area contributed by atoms with Gasteiger partial charge in [-0.05, 0) is 72.5 Å². The number of benzene rings is 3. The van der Waals surface area contributed by atoms with Crippen LogP contribution in [0.4, 0.5) is 4.39 Å². The molecule has 3 aromatic carbocycles. The summed E-state index contributed by atoms with van der Waals surface area (Å²) in [4.78, 5) is 4.78. The number of halogens is 2. The van der Waals surface area contributed by atoms with Crippen LogP contribution < -0.4 is 0 Å². The van der Waals surface area contributed by atoms with E-state index in [0.717, 1.165) is 11.1 Å². The molecule has 5 rings (SSSR count). The predicted molar refractivity (Wildman–Crippen MR) is 117 cm³/mol. The molecule has 0 aliphatic carbocycles. The van der Waals surface area contributed by atoms with E-state index in [-0.39, 0.29) is 10.7 Å². The van der Waals surface area contributed by atoms with Gasteiger partial charge in [0.25, 0.3) is 0 Å². The van der Waals surface area contributed by atoms with Crippen molar-refractivity contribution >= 4 is 32.7 Å². The average molecular weight is 457 g/mol. The zero-order valence-corrected chi connectivity index (χ0v) is 17.9. The van der Waals surface area contributed by atoms with Crippen molar-refractivity contribution < 1.29 is 17.2 Å². The number of oxazole rings is 1. The first-order valence-electron chi connectivity index (χ1n) is 9.86. The SMILES string of the molecule is O=S(=O)(c1ccc(Cl)cc1)N1CCC[C@@H]1c1nc2cc(-c3cccc(F)c3)ccc2o1. The lowest BCUT2D eigenvalue weighted by Crippen LogP contribution is -2.30. The van der Waals surface area contributed by atoms with E-state index in [0.29, 0.717) is 41.4 Å². The van der Waals surface area contributed by atoms with Gasteiger partial charge in [-0.2, -0.15) is 4.31 Å². The minimum atomic E-state index is -3.71. The molecule has 1 aliphatic rings. The Balaban J connectivity index is 1.50. The molecule has 1 aliphatic heterocycles. The van der Waals surface area contributed by atoms with Crippen LogP contribution in [0, 0.1) is 5.82 Å². The van der Waals surface area contributed by atoms with Gasteiger partial charge in [0, 0.05) is 11.6 Å². The fraction of sp³-hybridized carbons (Fsp3) is 0.174. The maximum atomic E-state index is 13.6. The van der Waals surface area contributed by atoms with Crippen LogP contribution in [0.1, 0.15) is 24.8 Å². The van der Waals surface area contributed by atoms with E-state index in [4.69, 9.17) is 16.0 Å². The van der Waals surface area contributed by atoms with Crippen molar-refractivity contribution in [1.29, 1.82) is 0 Å². The summed E-state index contributed by atoms with van der Waals surface area (Å²) in [6, 6.07) is 17.4. The summed E-state index contributed by atoms with van der Waals surface area (Å²) in [5, 5.41) is 0.477. The summed E-state index contributed by atoms with van der Waals surface area (Å²) in [6.45, 7) is 0.392. The molecular weight excluding hydrogens is 439 g/mol. The molecule has 31 heavy (non-hydrogen) atoms. The molecule has 0 bridgehead atoms. The quantitative estimate of drug-likeness (QED) is 0.388. The van der Waals surface area contributed by atoms with E-state index < -0.39 is 16.1 Å². The minimum absolute atomic E-state index is 0.188. The van der Waals surface area contributed by atoms with Gasteiger partial charge < -0.3 is 4.42 Å². The molecule has 158 valence electrons. The third-order valence-corrected chi connectivity index (χ3v) is 7.65. The van der Waals surface area contributed by atoms with E-state index in [2.05, 4.69) is 4.98 Å². The second kappa shape index (κ2) is 7.75. The van der Waals surface area contributed by atoms with Gasteiger partial charge in [-0.3, -0.25) is 0 Å². The van der Waals surface area contributed by atoms with Gasteiger partial charge in [0.15, 0.2) is 5.58 Å². The molecule has 1 aromatic heterocycles. The molecule has 0 radical (unpaired) electrons. The second-order valence-corrected chi connectivity index (χ2v) is 9.80. The number of nitrogens with zero attached hydrogens (tertiary/aromatic N) is 2.